The van der Waals surface area contributed by atoms with Gasteiger partial charge in [-0.1, -0.05) is 12.1 Å². The Labute approximate surface area is 169 Å². The molecule has 4 rings (SSSR count). The van der Waals surface area contributed by atoms with Crippen molar-refractivity contribution in [2.45, 2.75) is 13.1 Å². The number of carbonyl (C=O) groups excluding carboxylic acids is 1. The first kappa shape index (κ1) is 19.4. The van der Waals surface area contributed by atoms with E-state index in [0.29, 0.717) is 28.7 Å². The zero-order valence-corrected chi connectivity index (χ0v) is 15.8. The van der Waals surface area contributed by atoms with E-state index < -0.39 is 5.82 Å². The van der Waals surface area contributed by atoms with Gasteiger partial charge in [0.1, 0.15) is 23.3 Å². The molecule has 0 aliphatic carbocycles. The zero-order valence-electron chi connectivity index (χ0n) is 15.8. The van der Waals surface area contributed by atoms with E-state index in [1.165, 1.54) is 58.2 Å². The minimum absolute atomic E-state index is 0.193. The molecule has 0 bridgehead atoms. The number of fused-ring (bicyclic) bond motifs is 1. The summed E-state index contributed by atoms with van der Waals surface area (Å²) in [6.45, 7) is 0.746. The van der Waals surface area contributed by atoms with Crippen molar-refractivity contribution in [1.29, 1.82) is 0 Å². The van der Waals surface area contributed by atoms with Crippen LogP contribution in [0.4, 0.5) is 8.78 Å². The predicted octanol–water partition coefficient (Wildman–Crippen LogP) is 2.35. The van der Waals surface area contributed by atoms with E-state index in [9.17, 15) is 18.4 Å². The average Bonchev–Trinajstić information content (AvgIpc) is 3.14. The van der Waals surface area contributed by atoms with Crippen molar-refractivity contribution in [1.82, 2.24) is 24.6 Å². The number of amides is 1. The Morgan fingerprint density at radius 3 is 2.63 bits per heavy atom. The maximum absolute atomic E-state index is 13.4. The van der Waals surface area contributed by atoms with Crippen molar-refractivity contribution in [3.8, 4) is 0 Å². The molecule has 0 aliphatic heterocycles. The summed E-state index contributed by atoms with van der Waals surface area (Å²) in [5.74, 6) is -1.12. The summed E-state index contributed by atoms with van der Waals surface area (Å²) in [7, 11) is 0. The highest BCUT2D eigenvalue weighted by Gasteiger charge is 2.11. The summed E-state index contributed by atoms with van der Waals surface area (Å²) in [6.07, 6.45) is 2.82. The molecule has 9 heteroatoms. The minimum atomic E-state index is -0.413. The summed E-state index contributed by atoms with van der Waals surface area (Å²) in [5, 5.41) is 7.23. The van der Waals surface area contributed by atoms with Crippen molar-refractivity contribution in [3.05, 3.63) is 94.2 Å². The number of nitrogens with one attached hydrogen (secondary N) is 1. The molecule has 2 aromatic carbocycles. The van der Waals surface area contributed by atoms with Crippen LogP contribution >= 0.6 is 0 Å². The van der Waals surface area contributed by atoms with E-state index in [1.807, 2.05) is 0 Å². The normalized spacial score (nSPS) is 11.0. The average molecular weight is 409 g/mol. The molecule has 0 saturated carbocycles. The lowest BCUT2D eigenvalue weighted by atomic mass is 10.2. The first-order chi connectivity index (χ1) is 14.5. The van der Waals surface area contributed by atoms with Gasteiger partial charge in [0.15, 0.2) is 5.65 Å². The summed E-state index contributed by atoms with van der Waals surface area (Å²) in [4.78, 5) is 29.1. The zero-order chi connectivity index (χ0) is 21.1. The van der Waals surface area contributed by atoms with Gasteiger partial charge in [-0.25, -0.2) is 18.4 Å². The summed E-state index contributed by atoms with van der Waals surface area (Å²) >= 11 is 0. The lowest BCUT2D eigenvalue weighted by Crippen LogP contribution is -2.27. The van der Waals surface area contributed by atoms with Gasteiger partial charge in [-0.3, -0.25) is 14.2 Å². The Balaban J connectivity index is 1.45. The van der Waals surface area contributed by atoms with Gasteiger partial charge >= 0.3 is 0 Å². The molecule has 1 amide bonds. The third-order valence-electron chi connectivity index (χ3n) is 4.58. The number of aromatic nitrogens is 4. The highest BCUT2D eigenvalue weighted by Crippen LogP contribution is 2.08. The Hall–Kier alpha value is -3.88. The Morgan fingerprint density at radius 2 is 1.87 bits per heavy atom. The summed E-state index contributed by atoms with van der Waals surface area (Å²) < 4.78 is 29.2. The Morgan fingerprint density at radius 1 is 1.07 bits per heavy atom. The van der Waals surface area contributed by atoms with Gasteiger partial charge in [0.05, 0.1) is 19.3 Å². The van der Waals surface area contributed by atoms with E-state index in [1.54, 1.807) is 12.1 Å². The van der Waals surface area contributed by atoms with Crippen LogP contribution in [0.2, 0.25) is 0 Å². The van der Waals surface area contributed by atoms with E-state index in [0.717, 1.165) is 0 Å². The number of benzene rings is 2. The van der Waals surface area contributed by atoms with Crippen molar-refractivity contribution in [2.24, 2.45) is 0 Å². The molecular weight excluding hydrogens is 392 g/mol. The van der Waals surface area contributed by atoms with Crippen LogP contribution in [0.25, 0.3) is 11.0 Å². The standard InChI is InChI=1S/C21H17F2N5O2/c22-16-6-4-15(5-7-16)20(29)24-8-9-28-19-18(11-26-28)21(30)27(13-25-19)12-14-2-1-3-17(23)10-14/h1-7,10-11,13H,8-9,12H2,(H,24,29). The fourth-order valence-electron chi connectivity index (χ4n) is 3.08. The van der Waals surface area contributed by atoms with E-state index in [2.05, 4.69) is 15.4 Å². The van der Waals surface area contributed by atoms with Crippen LogP contribution in [-0.4, -0.2) is 31.8 Å². The predicted molar refractivity (Wildman–Crippen MR) is 106 cm³/mol. The Kier molecular flexibility index (Phi) is 5.34. The van der Waals surface area contributed by atoms with Crippen molar-refractivity contribution < 1.29 is 13.6 Å². The molecule has 0 aliphatic rings. The monoisotopic (exact) mass is 409 g/mol. The number of hydrogen-bond donors (Lipinski definition) is 1. The maximum Gasteiger partial charge on any atom is 0.264 e. The number of nitrogens with zero attached hydrogens (tertiary/aromatic N) is 4. The van der Waals surface area contributed by atoms with Gasteiger partial charge < -0.3 is 5.32 Å². The van der Waals surface area contributed by atoms with Crippen molar-refractivity contribution in [2.75, 3.05) is 6.54 Å². The number of halogens is 2. The first-order valence-electron chi connectivity index (χ1n) is 9.20. The molecule has 0 atom stereocenters. The second kappa shape index (κ2) is 8.24. The summed E-state index contributed by atoms with van der Waals surface area (Å²) in [6, 6.07) is 11.2. The van der Waals surface area contributed by atoms with Gasteiger partial charge in [0, 0.05) is 12.1 Å². The SMILES string of the molecule is O=C(NCCn1ncc2c(=O)n(Cc3cccc(F)c3)cnc21)c1ccc(F)cc1. The van der Waals surface area contributed by atoms with E-state index in [4.69, 9.17) is 0 Å². The quantitative estimate of drug-likeness (QED) is 0.530. The lowest BCUT2D eigenvalue weighted by molar-refractivity contribution is 0.0952. The molecule has 2 aromatic heterocycles. The maximum atomic E-state index is 13.4. The van der Waals surface area contributed by atoms with Gasteiger partial charge in [-0.15, -0.1) is 0 Å². The largest absolute Gasteiger partial charge is 0.350 e. The molecule has 7 nitrogen and oxygen atoms in total. The van der Waals surface area contributed by atoms with Crippen molar-refractivity contribution >= 4 is 16.9 Å². The van der Waals surface area contributed by atoms with Crippen LogP contribution < -0.4 is 10.9 Å². The highest BCUT2D eigenvalue weighted by atomic mass is 19.1. The molecule has 0 radical (unpaired) electrons. The van der Waals surface area contributed by atoms with Crippen LogP contribution in [0.5, 0.6) is 0 Å². The van der Waals surface area contributed by atoms with Gasteiger partial charge in [-0.2, -0.15) is 5.10 Å². The highest BCUT2D eigenvalue weighted by molar-refractivity contribution is 5.94. The van der Waals surface area contributed by atoms with Crippen LogP contribution in [0, 0.1) is 11.6 Å². The lowest BCUT2D eigenvalue weighted by Gasteiger charge is -2.08. The molecule has 2 heterocycles. The molecule has 0 unspecified atom stereocenters. The third kappa shape index (κ3) is 4.09. The van der Waals surface area contributed by atoms with Gasteiger partial charge in [0.25, 0.3) is 11.5 Å². The second-order valence-electron chi connectivity index (χ2n) is 6.68. The smallest absolute Gasteiger partial charge is 0.264 e. The topological polar surface area (TPSA) is 81.8 Å². The van der Waals surface area contributed by atoms with Crippen LogP contribution in [0.1, 0.15) is 15.9 Å². The molecule has 30 heavy (non-hydrogen) atoms. The molecule has 1 N–H and O–H groups in total. The first-order valence-corrected chi connectivity index (χ1v) is 9.20. The summed E-state index contributed by atoms with van der Waals surface area (Å²) in [5.41, 5.74) is 1.10. The number of rotatable bonds is 6. The van der Waals surface area contributed by atoms with Crippen LogP contribution in [0.3, 0.4) is 0 Å². The van der Waals surface area contributed by atoms with E-state index >= 15 is 0 Å². The molecule has 0 saturated heterocycles. The third-order valence-corrected chi connectivity index (χ3v) is 4.58. The van der Waals surface area contributed by atoms with Gasteiger partial charge in [0.2, 0.25) is 0 Å². The molecule has 0 fully saturated rings. The van der Waals surface area contributed by atoms with Crippen LogP contribution in [-0.2, 0) is 13.1 Å². The van der Waals surface area contributed by atoms with E-state index in [-0.39, 0.29) is 30.4 Å². The Bertz CT molecular complexity index is 1260. The molecule has 4 aromatic rings. The number of carbonyl (C=O) groups is 1. The van der Waals surface area contributed by atoms with Crippen LogP contribution in [0.15, 0.2) is 65.8 Å². The number of hydrogen-bond acceptors (Lipinski definition) is 4. The fourth-order valence-corrected chi connectivity index (χ4v) is 3.08. The fraction of sp³-hybridized carbons (Fsp3) is 0.143. The molecular formula is C21H17F2N5O2. The minimum Gasteiger partial charge on any atom is -0.350 e. The van der Waals surface area contributed by atoms with Crippen molar-refractivity contribution in [3.63, 3.8) is 0 Å². The second-order valence-corrected chi connectivity index (χ2v) is 6.68. The molecule has 0 spiro atoms. The van der Waals surface area contributed by atoms with Gasteiger partial charge in [-0.05, 0) is 42.0 Å². The molecule has 152 valence electrons.